The van der Waals surface area contributed by atoms with E-state index < -0.39 is 28.5 Å². The topological polar surface area (TPSA) is 128 Å². The lowest BCUT2D eigenvalue weighted by Gasteiger charge is -2.15. The highest BCUT2D eigenvalue weighted by molar-refractivity contribution is 14.1. The number of nitrogens with one attached hydrogen (secondary N) is 1. The summed E-state index contributed by atoms with van der Waals surface area (Å²) in [5.74, 6) is -0.231. The van der Waals surface area contributed by atoms with Gasteiger partial charge in [-0.2, -0.15) is 0 Å². The molecule has 1 heterocycles. The smallest absolute Gasteiger partial charge is 0.294 e. The molecule has 1 fully saturated rings. The average molecular weight is 773 g/mol. The molecule has 212 valence electrons. The van der Waals surface area contributed by atoms with Gasteiger partial charge in [0.05, 0.1) is 25.0 Å². The molecule has 10 nitrogen and oxygen atoms in total. The Labute approximate surface area is 265 Å². The van der Waals surface area contributed by atoms with E-state index in [-0.39, 0.29) is 17.2 Å². The van der Waals surface area contributed by atoms with Crippen LogP contribution in [0.25, 0.3) is 6.08 Å². The van der Waals surface area contributed by atoms with Crippen LogP contribution in [0, 0.1) is 13.7 Å². The summed E-state index contributed by atoms with van der Waals surface area (Å²) in [5.41, 5.74) is 1.75. The summed E-state index contributed by atoms with van der Waals surface area (Å²) in [6.07, 6.45) is 1.56. The van der Waals surface area contributed by atoms with Crippen molar-refractivity contribution >= 4 is 96.4 Å². The van der Waals surface area contributed by atoms with E-state index in [0.29, 0.717) is 42.4 Å². The molecule has 0 unspecified atom stereocenters. The second kappa shape index (κ2) is 13.7. The Hall–Kier alpha value is -3.14. The quantitative estimate of drug-likeness (QED) is 0.0987. The molecule has 41 heavy (non-hydrogen) atoms. The van der Waals surface area contributed by atoms with Crippen molar-refractivity contribution in [1.82, 2.24) is 4.90 Å². The molecular formula is C27H20BrClIN3O7S. The zero-order valence-electron chi connectivity index (χ0n) is 21.2. The number of hydrogen-bond donors (Lipinski definition) is 1. The number of amides is 3. The number of non-ortho nitro benzene ring substituents is 1. The van der Waals surface area contributed by atoms with Crippen LogP contribution in [0.2, 0.25) is 5.02 Å². The van der Waals surface area contributed by atoms with Gasteiger partial charge >= 0.3 is 0 Å². The predicted molar refractivity (Wildman–Crippen MR) is 168 cm³/mol. The van der Waals surface area contributed by atoms with Crippen molar-refractivity contribution in [1.29, 1.82) is 0 Å². The van der Waals surface area contributed by atoms with E-state index in [1.807, 2.05) is 6.92 Å². The normalized spacial score (nSPS) is 14.0. The number of carbonyl (C=O) groups is 3. The molecule has 1 aliphatic heterocycles. The van der Waals surface area contributed by atoms with Crippen LogP contribution in [-0.2, 0) is 16.2 Å². The predicted octanol–water partition coefficient (Wildman–Crippen LogP) is 7.27. The second-order valence-corrected chi connectivity index (χ2v) is 11.8. The highest BCUT2D eigenvalue weighted by Crippen LogP contribution is 2.38. The molecule has 3 aromatic carbocycles. The van der Waals surface area contributed by atoms with Crippen LogP contribution in [0.4, 0.5) is 16.2 Å². The Morgan fingerprint density at radius 1 is 1.17 bits per heavy atom. The van der Waals surface area contributed by atoms with E-state index in [9.17, 15) is 24.5 Å². The van der Waals surface area contributed by atoms with E-state index in [1.54, 1.807) is 48.5 Å². The minimum Gasteiger partial charge on any atom is -0.490 e. The highest BCUT2D eigenvalue weighted by atomic mass is 127. The minimum atomic E-state index is -0.588. The Morgan fingerprint density at radius 2 is 1.90 bits per heavy atom. The fourth-order valence-corrected chi connectivity index (χ4v) is 5.70. The molecule has 0 bridgehead atoms. The summed E-state index contributed by atoms with van der Waals surface area (Å²) in [6.45, 7) is 1.87. The van der Waals surface area contributed by atoms with Crippen LogP contribution in [0.1, 0.15) is 18.1 Å². The van der Waals surface area contributed by atoms with E-state index in [4.69, 9.17) is 21.1 Å². The van der Waals surface area contributed by atoms with Gasteiger partial charge in [-0.05, 0) is 117 Å². The third-order valence-electron chi connectivity index (χ3n) is 5.54. The number of rotatable bonds is 10. The SMILES string of the molecule is CCOc1cc(/C=C2/SC(=O)N(CC(=O)Nc3ccc(Br)c(Cl)c3)C2=O)cc(I)c1OCc1ccc([N+](=O)[O-])cc1. The second-order valence-electron chi connectivity index (χ2n) is 8.42. The fourth-order valence-electron chi connectivity index (χ4n) is 3.65. The first-order valence-corrected chi connectivity index (χ1v) is 14.9. The molecule has 14 heteroatoms. The zero-order valence-corrected chi connectivity index (χ0v) is 26.5. The number of halogens is 3. The standard InChI is InChI=1S/C27H20BrClIN3O7S/c1-2-39-22-10-16(9-21(30)25(22)40-14-15-3-6-18(7-4-15)33(37)38)11-23-26(35)32(27(36)41-23)13-24(34)31-17-5-8-19(28)20(29)12-17/h3-12H,2,13-14H2,1H3,(H,31,34)/b23-11+. The molecule has 0 aliphatic carbocycles. The number of carbonyl (C=O) groups excluding carboxylic acids is 3. The molecule has 1 saturated heterocycles. The number of nitrogens with zero attached hydrogens (tertiary/aromatic N) is 2. The van der Waals surface area contributed by atoms with Crippen LogP contribution in [0.15, 0.2) is 64.0 Å². The van der Waals surface area contributed by atoms with Crippen molar-refractivity contribution in [2.24, 2.45) is 0 Å². The van der Waals surface area contributed by atoms with Crippen LogP contribution < -0.4 is 14.8 Å². The lowest BCUT2D eigenvalue weighted by molar-refractivity contribution is -0.384. The third-order valence-corrected chi connectivity index (χ3v) is 8.48. The van der Waals surface area contributed by atoms with Gasteiger partial charge in [-0.1, -0.05) is 11.6 Å². The van der Waals surface area contributed by atoms with E-state index in [2.05, 4.69) is 43.8 Å². The summed E-state index contributed by atoms with van der Waals surface area (Å²) in [4.78, 5) is 49.6. The van der Waals surface area contributed by atoms with Gasteiger partial charge in [-0.15, -0.1) is 0 Å². The Balaban J connectivity index is 1.47. The van der Waals surface area contributed by atoms with Crippen LogP contribution in [0.3, 0.4) is 0 Å². The maximum atomic E-state index is 13.0. The monoisotopic (exact) mass is 771 g/mol. The number of nitro benzene ring substituents is 1. The molecule has 3 aromatic rings. The molecule has 0 radical (unpaired) electrons. The van der Waals surface area contributed by atoms with Crippen molar-refractivity contribution in [2.45, 2.75) is 13.5 Å². The lowest BCUT2D eigenvalue weighted by atomic mass is 10.1. The van der Waals surface area contributed by atoms with Gasteiger partial charge in [0.25, 0.3) is 16.8 Å². The summed E-state index contributed by atoms with van der Waals surface area (Å²) < 4.78 is 13.1. The van der Waals surface area contributed by atoms with E-state index in [0.717, 1.165) is 22.2 Å². The molecule has 0 atom stereocenters. The van der Waals surface area contributed by atoms with Crippen LogP contribution in [-0.4, -0.2) is 40.0 Å². The van der Waals surface area contributed by atoms with Crippen molar-refractivity contribution in [2.75, 3.05) is 18.5 Å². The highest BCUT2D eigenvalue weighted by Gasteiger charge is 2.36. The number of benzene rings is 3. The molecule has 1 aliphatic rings. The minimum absolute atomic E-state index is 0.0118. The number of thioether (sulfide) groups is 1. The van der Waals surface area contributed by atoms with Gasteiger partial charge in [0, 0.05) is 22.3 Å². The third kappa shape index (κ3) is 7.78. The van der Waals surface area contributed by atoms with Crippen LogP contribution >= 0.6 is 61.9 Å². The van der Waals surface area contributed by atoms with Gasteiger partial charge in [0.1, 0.15) is 13.2 Å². The molecule has 0 saturated carbocycles. The Bertz CT molecular complexity index is 1570. The van der Waals surface area contributed by atoms with E-state index >= 15 is 0 Å². The Morgan fingerprint density at radius 3 is 2.56 bits per heavy atom. The maximum Gasteiger partial charge on any atom is 0.294 e. The zero-order chi connectivity index (χ0) is 29.7. The lowest BCUT2D eigenvalue weighted by Crippen LogP contribution is -2.36. The molecule has 4 rings (SSSR count). The summed E-state index contributed by atoms with van der Waals surface area (Å²) >= 11 is 12.2. The largest absolute Gasteiger partial charge is 0.490 e. The van der Waals surface area contributed by atoms with E-state index in [1.165, 1.54) is 12.1 Å². The average Bonchev–Trinajstić information content (AvgIpc) is 3.17. The Kier molecular flexibility index (Phi) is 10.3. The summed E-state index contributed by atoms with van der Waals surface area (Å²) in [6, 6.07) is 14.4. The molecule has 3 amide bonds. The molecule has 0 spiro atoms. The van der Waals surface area contributed by atoms with Crippen molar-refractivity contribution < 1.29 is 28.8 Å². The maximum absolute atomic E-state index is 13.0. The fraction of sp³-hybridized carbons (Fsp3) is 0.148. The molecular weight excluding hydrogens is 753 g/mol. The van der Waals surface area contributed by atoms with Crippen LogP contribution in [0.5, 0.6) is 11.5 Å². The van der Waals surface area contributed by atoms with Gasteiger partial charge in [-0.25, -0.2) is 0 Å². The number of hydrogen-bond acceptors (Lipinski definition) is 8. The number of ether oxygens (including phenoxy) is 2. The van der Waals surface area contributed by atoms with Gasteiger partial charge in [-0.3, -0.25) is 29.4 Å². The number of anilines is 1. The van der Waals surface area contributed by atoms with Crippen molar-refractivity contribution in [3.8, 4) is 11.5 Å². The van der Waals surface area contributed by atoms with Gasteiger partial charge in [0.15, 0.2) is 11.5 Å². The van der Waals surface area contributed by atoms with Gasteiger partial charge < -0.3 is 14.8 Å². The summed E-state index contributed by atoms with van der Waals surface area (Å²) in [5, 5.41) is 13.4. The first kappa shape index (κ1) is 30.8. The number of nitro groups is 1. The first-order valence-electron chi connectivity index (χ1n) is 11.9. The van der Waals surface area contributed by atoms with Crippen molar-refractivity contribution in [3.63, 3.8) is 0 Å². The molecule has 1 N–H and O–H groups in total. The molecule has 0 aromatic heterocycles. The van der Waals surface area contributed by atoms with Gasteiger partial charge in [0.2, 0.25) is 5.91 Å². The first-order chi connectivity index (χ1) is 19.5. The van der Waals surface area contributed by atoms with Crippen molar-refractivity contribution in [3.05, 3.63) is 93.8 Å². The number of imide groups is 1. The summed E-state index contributed by atoms with van der Waals surface area (Å²) in [7, 11) is 0.